The summed E-state index contributed by atoms with van der Waals surface area (Å²) in [5, 5.41) is 2.93. The number of rotatable bonds is 5. The van der Waals surface area contributed by atoms with Crippen LogP contribution in [0.4, 0.5) is 0 Å². The van der Waals surface area contributed by atoms with E-state index in [-0.39, 0.29) is 17.2 Å². The summed E-state index contributed by atoms with van der Waals surface area (Å²) in [6.07, 6.45) is 3.53. The lowest BCUT2D eigenvalue weighted by molar-refractivity contribution is -0.124. The topological polar surface area (TPSA) is 68.0 Å². The van der Waals surface area contributed by atoms with Crippen LogP contribution in [0.2, 0.25) is 0 Å². The van der Waals surface area contributed by atoms with E-state index in [2.05, 4.69) is 24.1 Å². The number of nitrogens with two attached hydrogens (primary N) is 1. The van der Waals surface area contributed by atoms with E-state index in [4.69, 9.17) is 5.73 Å². The largest absolute Gasteiger partial charge is 0.355 e. The van der Waals surface area contributed by atoms with Crippen molar-refractivity contribution in [2.24, 2.45) is 11.7 Å². The molecule has 1 unspecified atom stereocenters. The predicted molar refractivity (Wildman–Crippen MR) is 68.5 cm³/mol. The van der Waals surface area contributed by atoms with E-state index >= 15 is 0 Å². The molecular weight excluding hydrogens is 214 g/mol. The van der Waals surface area contributed by atoms with Gasteiger partial charge in [-0.15, -0.1) is 0 Å². The van der Waals surface area contributed by atoms with Crippen molar-refractivity contribution in [3.63, 3.8) is 0 Å². The van der Waals surface area contributed by atoms with Gasteiger partial charge in [0.2, 0.25) is 5.91 Å². The molecule has 0 bridgehead atoms. The van der Waals surface area contributed by atoms with Gasteiger partial charge in [-0.3, -0.25) is 9.78 Å². The predicted octanol–water partition coefficient (Wildman–Crippen LogP) is 1.07. The Hall–Kier alpha value is -1.42. The molecule has 1 aromatic rings. The number of nitrogens with zero attached hydrogens (tertiary/aromatic N) is 1. The third-order valence-electron chi connectivity index (χ3n) is 2.97. The second kappa shape index (κ2) is 5.77. The number of nitrogens with one attached hydrogen (secondary N) is 1. The van der Waals surface area contributed by atoms with Gasteiger partial charge in [0, 0.05) is 36.8 Å². The van der Waals surface area contributed by atoms with Gasteiger partial charge in [-0.1, -0.05) is 20.8 Å². The SMILES string of the molecule is CC(CN)C(=O)NCC(C)(C)c1ccncc1. The maximum atomic E-state index is 11.6. The molecule has 1 amide bonds. The number of pyridine rings is 1. The fraction of sp³-hybridized carbons (Fsp3) is 0.538. The molecule has 0 saturated heterocycles. The second-order valence-electron chi connectivity index (χ2n) is 4.97. The van der Waals surface area contributed by atoms with Crippen molar-refractivity contribution in [1.82, 2.24) is 10.3 Å². The Balaban J connectivity index is 2.59. The Labute approximate surface area is 103 Å². The van der Waals surface area contributed by atoms with Crippen molar-refractivity contribution >= 4 is 5.91 Å². The van der Waals surface area contributed by atoms with Crippen molar-refractivity contribution < 1.29 is 4.79 Å². The van der Waals surface area contributed by atoms with Crippen LogP contribution in [0, 0.1) is 5.92 Å². The smallest absolute Gasteiger partial charge is 0.224 e. The normalized spacial score (nSPS) is 13.2. The van der Waals surface area contributed by atoms with Crippen LogP contribution in [0.3, 0.4) is 0 Å². The Morgan fingerprint density at radius 1 is 1.47 bits per heavy atom. The van der Waals surface area contributed by atoms with E-state index < -0.39 is 0 Å². The van der Waals surface area contributed by atoms with Crippen LogP contribution < -0.4 is 11.1 Å². The highest BCUT2D eigenvalue weighted by Crippen LogP contribution is 2.21. The van der Waals surface area contributed by atoms with Gasteiger partial charge in [-0.05, 0) is 17.7 Å². The zero-order chi connectivity index (χ0) is 12.9. The molecule has 1 aromatic heterocycles. The lowest BCUT2D eigenvalue weighted by Gasteiger charge is -2.26. The quantitative estimate of drug-likeness (QED) is 0.802. The number of hydrogen-bond donors (Lipinski definition) is 2. The molecule has 0 aliphatic rings. The molecular formula is C13H21N3O. The molecule has 0 fully saturated rings. The second-order valence-corrected chi connectivity index (χ2v) is 4.97. The number of aromatic nitrogens is 1. The van der Waals surface area contributed by atoms with Gasteiger partial charge in [0.15, 0.2) is 0 Å². The highest BCUT2D eigenvalue weighted by molar-refractivity contribution is 5.78. The van der Waals surface area contributed by atoms with Crippen LogP contribution in [-0.2, 0) is 10.2 Å². The van der Waals surface area contributed by atoms with Crippen molar-refractivity contribution in [1.29, 1.82) is 0 Å². The highest BCUT2D eigenvalue weighted by Gasteiger charge is 2.22. The Morgan fingerprint density at radius 3 is 2.59 bits per heavy atom. The molecule has 94 valence electrons. The molecule has 1 heterocycles. The molecule has 0 aromatic carbocycles. The van der Waals surface area contributed by atoms with Gasteiger partial charge >= 0.3 is 0 Å². The van der Waals surface area contributed by atoms with E-state index in [0.717, 1.165) is 5.56 Å². The van der Waals surface area contributed by atoms with Gasteiger partial charge in [0.1, 0.15) is 0 Å². The summed E-state index contributed by atoms with van der Waals surface area (Å²) < 4.78 is 0. The number of amides is 1. The first-order valence-corrected chi connectivity index (χ1v) is 5.85. The third-order valence-corrected chi connectivity index (χ3v) is 2.97. The van der Waals surface area contributed by atoms with E-state index in [9.17, 15) is 4.79 Å². The first-order valence-electron chi connectivity index (χ1n) is 5.85. The lowest BCUT2D eigenvalue weighted by atomic mass is 9.85. The minimum absolute atomic E-state index is 0.00892. The molecule has 1 rings (SSSR count). The summed E-state index contributed by atoms with van der Waals surface area (Å²) in [5.41, 5.74) is 6.51. The van der Waals surface area contributed by atoms with Crippen molar-refractivity contribution in [2.45, 2.75) is 26.2 Å². The van der Waals surface area contributed by atoms with Gasteiger partial charge in [0.05, 0.1) is 0 Å². The van der Waals surface area contributed by atoms with Crippen molar-refractivity contribution in [3.8, 4) is 0 Å². The van der Waals surface area contributed by atoms with E-state index in [1.807, 2.05) is 19.1 Å². The number of carbonyl (C=O) groups is 1. The molecule has 1 atom stereocenters. The number of hydrogen-bond acceptors (Lipinski definition) is 3. The van der Waals surface area contributed by atoms with E-state index in [1.54, 1.807) is 12.4 Å². The van der Waals surface area contributed by atoms with E-state index in [1.165, 1.54) is 0 Å². The van der Waals surface area contributed by atoms with Gasteiger partial charge < -0.3 is 11.1 Å². The summed E-state index contributed by atoms with van der Waals surface area (Å²) in [6.45, 7) is 6.99. The zero-order valence-corrected chi connectivity index (χ0v) is 10.7. The van der Waals surface area contributed by atoms with Crippen LogP contribution >= 0.6 is 0 Å². The van der Waals surface area contributed by atoms with Gasteiger partial charge in [-0.2, -0.15) is 0 Å². The molecule has 0 radical (unpaired) electrons. The molecule has 0 aliphatic heterocycles. The minimum atomic E-state index is -0.136. The van der Waals surface area contributed by atoms with Crippen LogP contribution in [0.15, 0.2) is 24.5 Å². The average Bonchev–Trinajstić information content (AvgIpc) is 2.36. The van der Waals surface area contributed by atoms with E-state index in [0.29, 0.717) is 13.1 Å². The monoisotopic (exact) mass is 235 g/mol. The molecule has 4 nitrogen and oxygen atoms in total. The van der Waals surface area contributed by atoms with Crippen LogP contribution in [0.1, 0.15) is 26.3 Å². The summed E-state index contributed by atoms with van der Waals surface area (Å²) >= 11 is 0. The number of carbonyl (C=O) groups excluding carboxylic acids is 1. The standard InChI is InChI=1S/C13H21N3O/c1-10(8-14)12(17)16-9-13(2,3)11-4-6-15-7-5-11/h4-7,10H,8-9,14H2,1-3H3,(H,16,17). The molecule has 0 saturated carbocycles. The highest BCUT2D eigenvalue weighted by atomic mass is 16.1. The Kier molecular flexibility index (Phi) is 4.63. The molecule has 17 heavy (non-hydrogen) atoms. The maximum absolute atomic E-state index is 11.6. The van der Waals surface area contributed by atoms with Crippen LogP contribution in [0.5, 0.6) is 0 Å². The molecule has 0 spiro atoms. The fourth-order valence-electron chi connectivity index (χ4n) is 1.49. The average molecular weight is 235 g/mol. The zero-order valence-electron chi connectivity index (χ0n) is 10.7. The molecule has 4 heteroatoms. The first-order chi connectivity index (χ1) is 7.97. The minimum Gasteiger partial charge on any atom is -0.355 e. The molecule has 3 N–H and O–H groups in total. The van der Waals surface area contributed by atoms with Gasteiger partial charge in [-0.25, -0.2) is 0 Å². The van der Waals surface area contributed by atoms with Crippen LogP contribution in [-0.4, -0.2) is 24.0 Å². The Bertz CT molecular complexity index is 362. The lowest BCUT2D eigenvalue weighted by Crippen LogP contribution is -2.40. The van der Waals surface area contributed by atoms with Crippen molar-refractivity contribution in [3.05, 3.63) is 30.1 Å². The third kappa shape index (κ3) is 3.82. The van der Waals surface area contributed by atoms with Crippen LogP contribution in [0.25, 0.3) is 0 Å². The fourth-order valence-corrected chi connectivity index (χ4v) is 1.49. The summed E-state index contributed by atoms with van der Waals surface area (Å²) in [4.78, 5) is 15.6. The summed E-state index contributed by atoms with van der Waals surface area (Å²) in [5.74, 6) is -0.127. The van der Waals surface area contributed by atoms with Crippen molar-refractivity contribution in [2.75, 3.05) is 13.1 Å². The summed E-state index contributed by atoms with van der Waals surface area (Å²) in [7, 11) is 0. The first kappa shape index (κ1) is 13.6. The molecule has 0 aliphatic carbocycles. The maximum Gasteiger partial charge on any atom is 0.224 e. The van der Waals surface area contributed by atoms with Gasteiger partial charge in [0.25, 0.3) is 0 Å². The Morgan fingerprint density at radius 2 is 2.06 bits per heavy atom. The summed E-state index contributed by atoms with van der Waals surface area (Å²) in [6, 6.07) is 3.94.